The molecule has 1 N–H and O–H groups in total. The lowest BCUT2D eigenvalue weighted by atomic mass is 10.2. The standard InChI is InChI=1S/C13H7F4N3O3S/c14-8-5-4-7(13(15,16)17)6-10(8)20-24(21,22)11-3-1-2-9-12(11)19-23-18-9/h1-6,20H. The second-order valence-corrected chi connectivity index (χ2v) is 6.34. The highest BCUT2D eigenvalue weighted by molar-refractivity contribution is 7.93. The van der Waals surface area contributed by atoms with Gasteiger partial charge < -0.3 is 0 Å². The number of hydrogen-bond acceptors (Lipinski definition) is 5. The van der Waals surface area contributed by atoms with Gasteiger partial charge in [0.15, 0.2) is 5.52 Å². The maximum absolute atomic E-state index is 13.7. The molecule has 11 heteroatoms. The Morgan fingerprint density at radius 2 is 1.83 bits per heavy atom. The first kappa shape index (κ1) is 16.2. The van der Waals surface area contributed by atoms with E-state index in [1.807, 2.05) is 0 Å². The van der Waals surface area contributed by atoms with Crippen molar-refractivity contribution in [2.75, 3.05) is 4.72 Å². The Morgan fingerprint density at radius 3 is 2.54 bits per heavy atom. The topological polar surface area (TPSA) is 85.1 Å². The number of rotatable bonds is 3. The molecular formula is C13H7F4N3O3S. The molecule has 3 aromatic rings. The van der Waals surface area contributed by atoms with Gasteiger partial charge in [-0.05, 0) is 40.6 Å². The maximum Gasteiger partial charge on any atom is 0.416 e. The van der Waals surface area contributed by atoms with Crippen molar-refractivity contribution in [3.8, 4) is 0 Å². The quantitative estimate of drug-likeness (QED) is 0.724. The number of hydrogen-bond donors (Lipinski definition) is 1. The summed E-state index contributed by atoms with van der Waals surface area (Å²) in [6.07, 6.45) is -4.75. The van der Waals surface area contributed by atoms with E-state index in [0.29, 0.717) is 18.2 Å². The number of benzene rings is 2. The van der Waals surface area contributed by atoms with E-state index < -0.39 is 38.2 Å². The molecule has 0 amide bonds. The average molecular weight is 361 g/mol. The van der Waals surface area contributed by atoms with E-state index in [1.54, 1.807) is 4.72 Å². The molecule has 0 atom stereocenters. The Bertz CT molecular complexity index is 1010. The summed E-state index contributed by atoms with van der Waals surface area (Å²) in [4.78, 5) is -0.405. The first-order chi connectivity index (χ1) is 11.2. The maximum atomic E-state index is 13.7. The zero-order valence-electron chi connectivity index (χ0n) is 11.5. The first-order valence-electron chi connectivity index (χ1n) is 6.29. The minimum atomic E-state index is -4.75. The van der Waals surface area contributed by atoms with Crippen LogP contribution in [0.3, 0.4) is 0 Å². The SMILES string of the molecule is O=S(=O)(Nc1cc(C(F)(F)F)ccc1F)c1cccc2nonc12. The van der Waals surface area contributed by atoms with Gasteiger partial charge in [0.05, 0.1) is 11.3 Å². The number of nitrogens with zero attached hydrogens (tertiary/aromatic N) is 2. The lowest BCUT2D eigenvalue weighted by Gasteiger charge is -2.12. The summed E-state index contributed by atoms with van der Waals surface area (Å²) in [5.41, 5.74) is -2.03. The molecule has 126 valence electrons. The number of aromatic nitrogens is 2. The smallest absolute Gasteiger partial charge is 0.277 e. The van der Waals surface area contributed by atoms with E-state index in [1.165, 1.54) is 12.1 Å². The van der Waals surface area contributed by atoms with Crippen molar-refractivity contribution in [1.82, 2.24) is 10.3 Å². The predicted octanol–water partition coefficient (Wildman–Crippen LogP) is 3.18. The van der Waals surface area contributed by atoms with Crippen LogP contribution < -0.4 is 4.72 Å². The predicted molar refractivity (Wildman–Crippen MR) is 74.0 cm³/mol. The zero-order chi connectivity index (χ0) is 17.5. The third-order valence-electron chi connectivity index (χ3n) is 3.08. The van der Waals surface area contributed by atoms with Crippen LogP contribution in [0.15, 0.2) is 45.9 Å². The fourth-order valence-electron chi connectivity index (χ4n) is 1.98. The van der Waals surface area contributed by atoms with Gasteiger partial charge in [0.1, 0.15) is 16.2 Å². The third-order valence-corrected chi connectivity index (χ3v) is 4.47. The lowest BCUT2D eigenvalue weighted by molar-refractivity contribution is -0.137. The van der Waals surface area contributed by atoms with Gasteiger partial charge >= 0.3 is 6.18 Å². The molecule has 0 aliphatic carbocycles. The summed E-state index contributed by atoms with van der Waals surface area (Å²) in [6, 6.07) is 5.31. The highest BCUT2D eigenvalue weighted by atomic mass is 32.2. The zero-order valence-corrected chi connectivity index (χ0v) is 12.3. The Morgan fingerprint density at radius 1 is 1.08 bits per heavy atom. The van der Waals surface area contributed by atoms with E-state index in [-0.39, 0.29) is 11.0 Å². The van der Waals surface area contributed by atoms with Crippen molar-refractivity contribution < 1.29 is 30.6 Å². The van der Waals surface area contributed by atoms with Crippen molar-refractivity contribution in [2.24, 2.45) is 0 Å². The molecule has 24 heavy (non-hydrogen) atoms. The van der Waals surface area contributed by atoms with Crippen molar-refractivity contribution in [2.45, 2.75) is 11.1 Å². The Hall–Kier alpha value is -2.69. The summed E-state index contributed by atoms with van der Waals surface area (Å²) >= 11 is 0. The van der Waals surface area contributed by atoms with E-state index in [9.17, 15) is 26.0 Å². The molecule has 1 aromatic heterocycles. The van der Waals surface area contributed by atoms with Crippen LogP contribution in [0.4, 0.5) is 23.2 Å². The molecule has 0 saturated heterocycles. The van der Waals surface area contributed by atoms with E-state index in [0.717, 1.165) is 6.07 Å². The molecule has 0 aliphatic heterocycles. The van der Waals surface area contributed by atoms with Crippen molar-refractivity contribution >= 4 is 26.7 Å². The van der Waals surface area contributed by atoms with E-state index >= 15 is 0 Å². The van der Waals surface area contributed by atoms with Crippen LogP contribution >= 0.6 is 0 Å². The molecular weight excluding hydrogens is 354 g/mol. The molecule has 3 rings (SSSR count). The molecule has 0 fully saturated rings. The van der Waals surface area contributed by atoms with Gasteiger partial charge in [-0.1, -0.05) is 6.07 Å². The Kier molecular flexibility index (Phi) is 3.67. The second kappa shape index (κ2) is 5.44. The number of halogens is 4. The van der Waals surface area contributed by atoms with Crippen LogP contribution in [0.1, 0.15) is 5.56 Å². The van der Waals surface area contributed by atoms with Gasteiger partial charge in [0.2, 0.25) is 0 Å². The number of sulfonamides is 1. The minimum absolute atomic E-state index is 0.127. The van der Waals surface area contributed by atoms with Gasteiger partial charge in [-0.2, -0.15) is 13.2 Å². The third kappa shape index (κ3) is 2.89. The van der Waals surface area contributed by atoms with Crippen LogP contribution in [-0.2, 0) is 16.2 Å². The lowest BCUT2D eigenvalue weighted by Crippen LogP contribution is -2.15. The molecule has 0 bridgehead atoms. The van der Waals surface area contributed by atoms with Crippen LogP contribution in [0.2, 0.25) is 0 Å². The van der Waals surface area contributed by atoms with Gasteiger partial charge in [-0.25, -0.2) is 17.4 Å². The fraction of sp³-hybridized carbons (Fsp3) is 0.0769. The van der Waals surface area contributed by atoms with Gasteiger partial charge in [0.25, 0.3) is 10.0 Å². The van der Waals surface area contributed by atoms with E-state index in [2.05, 4.69) is 14.9 Å². The number of nitrogens with one attached hydrogen (secondary N) is 1. The highest BCUT2D eigenvalue weighted by Gasteiger charge is 2.32. The molecule has 6 nitrogen and oxygen atoms in total. The first-order valence-corrected chi connectivity index (χ1v) is 7.78. The average Bonchev–Trinajstić information content (AvgIpc) is 2.96. The van der Waals surface area contributed by atoms with Crippen LogP contribution in [0.5, 0.6) is 0 Å². The summed E-state index contributed by atoms with van der Waals surface area (Å²) in [7, 11) is -4.41. The van der Waals surface area contributed by atoms with Crippen LogP contribution in [-0.4, -0.2) is 18.7 Å². The van der Waals surface area contributed by atoms with Crippen LogP contribution in [0.25, 0.3) is 11.0 Å². The largest absolute Gasteiger partial charge is 0.416 e. The summed E-state index contributed by atoms with van der Waals surface area (Å²) in [6.45, 7) is 0. The molecule has 2 aromatic carbocycles. The summed E-state index contributed by atoms with van der Waals surface area (Å²) < 4.78 is 82.7. The number of fused-ring (bicyclic) bond motifs is 1. The number of alkyl halides is 3. The Labute approximate surface area is 132 Å². The molecule has 0 saturated carbocycles. The van der Waals surface area contributed by atoms with E-state index in [4.69, 9.17) is 0 Å². The minimum Gasteiger partial charge on any atom is -0.277 e. The van der Waals surface area contributed by atoms with Crippen molar-refractivity contribution in [3.05, 3.63) is 47.8 Å². The van der Waals surface area contributed by atoms with Gasteiger partial charge in [0, 0.05) is 0 Å². The monoisotopic (exact) mass is 361 g/mol. The fourth-order valence-corrected chi connectivity index (χ4v) is 3.19. The highest BCUT2D eigenvalue weighted by Crippen LogP contribution is 2.32. The Balaban J connectivity index is 2.06. The summed E-state index contributed by atoms with van der Waals surface area (Å²) in [5.74, 6) is -1.16. The van der Waals surface area contributed by atoms with Crippen LogP contribution in [0, 0.1) is 5.82 Å². The van der Waals surface area contributed by atoms with Crippen molar-refractivity contribution in [3.63, 3.8) is 0 Å². The second-order valence-electron chi connectivity index (χ2n) is 4.69. The molecule has 0 aliphatic rings. The summed E-state index contributed by atoms with van der Waals surface area (Å²) in [5, 5.41) is 6.89. The normalized spacial score (nSPS) is 12.5. The molecule has 1 heterocycles. The molecule has 0 unspecified atom stereocenters. The molecule has 0 radical (unpaired) electrons. The van der Waals surface area contributed by atoms with Gasteiger partial charge in [-0.3, -0.25) is 4.72 Å². The van der Waals surface area contributed by atoms with Crippen molar-refractivity contribution in [1.29, 1.82) is 0 Å². The number of anilines is 1. The molecule has 0 spiro atoms. The van der Waals surface area contributed by atoms with Gasteiger partial charge in [-0.15, -0.1) is 0 Å².